The van der Waals surface area contributed by atoms with Gasteiger partial charge in [-0.3, -0.25) is 0 Å². The first-order valence-electron chi connectivity index (χ1n) is 4.39. The van der Waals surface area contributed by atoms with E-state index in [1.807, 2.05) is 6.26 Å². The summed E-state index contributed by atoms with van der Waals surface area (Å²) in [6.07, 6.45) is 4.07. The van der Waals surface area contributed by atoms with Crippen LogP contribution in [0, 0.1) is 17.3 Å². The Kier molecular flexibility index (Phi) is 2.26. The van der Waals surface area contributed by atoms with E-state index < -0.39 is 0 Å². The molecule has 1 rings (SSSR count). The van der Waals surface area contributed by atoms with Crippen molar-refractivity contribution >= 4 is 0 Å². The Morgan fingerprint density at radius 2 is 1.73 bits per heavy atom. The van der Waals surface area contributed by atoms with Gasteiger partial charge in [0, 0.05) is 5.41 Å². The summed E-state index contributed by atoms with van der Waals surface area (Å²) in [5, 5.41) is 0. The fraction of sp³-hybridized carbons (Fsp3) is 0.800. The van der Waals surface area contributed by atoms with Gasteiger partial charge in [-0.1, -0.05) is 27.7 Å². The van der Waals surface area contributed by atoms with Gasteiger partial charge in [-0.2, -0.15) is 0 Å². The van der Waals surface area contributed by atoms with Crippen LogP contribution in [-0.4, -0.2) is 6.61 Å². The molecule has 1 heteroatoms. The van der Waals surface area contributed by atoms with Gasteiger partial charge in [-0.15, -0.1) is 0 Å². The molecule has 1 aliphatic heterocycles. The van der Waals surface area contributed by atoms with Gasteiger partial charge in [-0.25, -0.2) is 0 Å². The van der Waals surface area contributed by atoms with E-state index in [0.29, 0.717) is 17.3 Å². The summed E-state index contributed by atoms with van der Waals surface area (Å²) in [5.74, 6) is 1.34. The lowest BCUT2D eigenvalue weighted by Crippen LogP contribution is -2.32. The van der Waals surface area contributed by atoms with Crippen LogP contribution in [0.25, 0.3) is 0 Å². The molecule has 0 radical (unpaired) electrons. The van der Waals surface area contributed by atoms with E-state index in [1.54, 1.807) is 0 Å². The average molecular weight is 154 g/mol. The zero-order valence-electron chi connectivity index (χ0n) is 7.92. The molecule has 1 nitrogen and oxygen atoms in total. The Hall–Kier alpha value is -0.460. The molecule has 0 fully saturated rings. The van der Waals surface area contributed by atoms with E-state index in [0.717, 1.165) is 6.61 Å². The van der Waals surface area contributed by atoms with Crippen LogP contribution in [-0.2, 0) is 4.74 Å². The third kappa shape index (κ3) is 1.29. The lowest BCUT2D eigenvalue weighted by molar-refractivity contribution is 0.0990. The van der Waals surface area contributed by atoms with Crippen molar-refractivity contribution in [3.05, 3.63) is 12.3 Å². The summed E-state index contributed by atoms with van der Waals surface area (Å²) in [6, 6.07) is 0. The molecule has 0 bridgehead atoms. The molecule has 0 amide bonds. The average Bonchev–Trinajstić information content (AvgIpc) is 2.34. The van der Waals surface area contributed by atoms with Crippen molar-refractivity contribution in [3.63, 3.8) is 0 Å². The van der Waals surface area contributed by atoms with Gasteiger partial charge in [-0.05, 0) is 17.9 Å². The van der Waals surface area contributed by atoms with Crippen LogP contribution in [0.5, 0.6) is 0 Å². The predicted molar refractivity (Wildman–Crippen MR) is 47.2 cm³/mol. The van der Waals surface area contributed by atoms with Crippen molar-refractivity contribution in [1.29, 1.82) is 0 Å². The van der Waals surface area contributed by atoms with Gasteiger partial charge >= 0.3 is 0 Å². The summed E-state index contributed by atoms with van der Waals surface area (Å²) >= 11 is 0. The van der Waals surface area contributed by atoms with Crippen LogP contribution >= 0.6 is 0 Å². The monoisotopic (exact) mass is 154 g/mol. The van der Waals surface area contributed by atoms with Crippen molar-refractivity contribution in [3.8, 4) is 0 Å². The highest BCUT2D eigenvalue weighted by Gasteiger charge is 2.37. The maximum atomic E-state index is 5.30. The normalized spacial score (nSPS) is 21.3. The molecule has 0 unspecified atom stereocenters. The summed E-state index contributed by atoms with van der Waals surface area (Å²) < 4.78 is 5.30. The second kappa shape index (κ2) is 2.88. The molecule has 0 N–H and O–H groups in total. The van der Waals surface area contributed by atoms with Gasteiger partial charge in [0.1, 0.15) is 0 Å². The molecule has 64 valence electrons. The van der Waals surface area contributed by atoms with E-state index in [-0.39, 0.29) is 0 Å². The Bertz CT molecular complexity index is 148. The molecule has 0 saturated heterocycles. The van der Waals surface area contributed by atoms with Gasteiger partial charge in [0.15, 0.2) is 0 Å². The summed E-state index contributed by atoms with van der Waals surface area (Å²) in [7, 11) is 0. The number of ether oxygens (including phenoxy) is 1. The Labute approximate surface area is 69.4 Å². The fourth-order valence-electron chi connectivity index (χ4n) is 1.80. The topological polar surface area (TPSA) is 9.23 Å². The predicted octanol–water partition coefficient (Wildman–Crippen LogP) is 2.83. The van der Waals surface area contributed by atoms with E-state index in [2.05, 4.69) is 33.8 Å². The lowest BCUT2D eigenvalue weighted by atomic mass is 9.70. The van der Waals surface area contributed by atoms with E-state index in [9.17, 15) is 0 Å². The van der Waals surface area contributed by atoms with Gasteiger partial charge in [0.25, 0.3) is 0 Å². The van der Waals surface area contributed by atoms with Crippen LogP contribution in [0.3, 0.4) is 0 Å². The van der Waals surface area contributed by atoms with Crippen LogP contribution in [0.2, 0.25) is 0 Å². The second-order valence-electron chi connectivity index (χ2n) is 4.04. The van der Waals surface area contributed by atoms with E-state index in [1.165, 1.54) is 0 Å². The quantitative estimate of drug-likeness (QED) is 0.594. The van der Waals surface area contributed by atoms with Gasteiger partial charge in [0.05, 0.1) is 12.9 Å². The Morgan fingerprint density at radius 3 is 1.91 bits per heavy atom. The summed E-state index contributed by atoms with van der Waals surface area (Å²) in [4.78, 5) is 0. The van der Waals surface area contributed by atoms with Crippen LogP contribution < -0.4 is 0 Å². The Morgan fingerprint density at radius 1 is 1.18 bits per heavy atom. The van der Waals surface area contributed by atoms with Crippen LogP contribution in [0.1, 0.15) is 27.7 Å². The second-order valence-corrected chi connectivity index (χ2v) is 4.04. The zero-order chi connectivity index (χ0) is 8.48. The Balaban J connectivity index is 2.80. The maximum absolute atomic E-state index is 5.30. The number of hydrogen-bond acceptors (Lipinski definition) is 1. The van der Waals surface area contributed by atoms with E-state index in [4.69, 9.17) is 4.74 Å². The molecular weight excluding hydrogens is 136 g/mol. The highest BCUT2D eigenvalue weighted by Crippen LogP contribution is 2.40. The smallest absolute Gasteiger partial charge is 0.0969 e. The number of hydrogen-bond donors (Lipinski definition) is 0. The molecule has 0 aromatic heterocycles. The first-order valence-corrected chi connectivity index (χ1v) is 4.39. The molecule has 0 aromatic rings. The third-order valence-electron chi connectivity index (χ3n) is 2.96. The minimum atomic E-state index is 0.292. The summed E-state index contributed by atoms with van der Waals surface area (Å²) in [5.41, 5.74) is 0.292. The molecule has 0 aromatic carbocycles. The van der Waals surface area contributed by atoms with Gasteiger partial charge in [0.2, 0.25) is 0 Å². The molecule has 11 heavy (non-hydrogen) atoms. The first-order chi connectivity index (χ1) is 5.09. The highest BCUT2D eigenvalue weighted by atomic mass is 16.5. The fourth-order valence-corrected chi connectivity index (χ4v) is 1.80. The lowest BCUT2D eigenvalue weighted by Gasteiger charge is -2.34. The highest BCUT2D eigenvalue weighted by molar-refractivity contribution is 5.05. The minimum absolute atomic E-state index is 0.292. The van der Waals surface area contributed by atoms with E-state index >= 15 is 0 Å². The molecule has 1 aliphatic rings. The minimum Gasteiger partial charge on any atom is -0.501 e. The molecule has 0 atom stereocenters. The van der Waals surface area contributed by atoms with Gasteiger partial charge < -0.3 is 4.74 Å². The third-order valence-corrected chi connectivity index (χ3v) is 2.96. The van der Waals surface area contributed by atoms with Crippen molar-refractivity contribution in [1.82, 2.24) is 0 Å². The molecule has 0 aliphatic carbocycles. The molecule has 0 saturated carbocycles. The standard InChI is InChI=1S/C10H18O/c1-8(2)10(9(3)4)5-6-11-7-10/h5-6,8-9H,7H2,1-4H3. The largest absolute Gasteiger partial charge is 0.501 e. The zero-order valence-corrected chi connectivity index (χ0v) is 7.92. The SMILES string of the molecule is CC(C)C1(C(C)C)C=COC1. The maximum Gasteiger partial charge on any atom is 0.0969 e. The number of rotatable bonds is 2. The van der Waals surface area contributed by atoms with Crippen molar-refractivity contribution < 1.29 is 4.74 Å². The molecule has 0 spiro atoms. The molecular formula is C10H18O. The van der Waals surface area contributed by atoms with Crippen LogP contribution in [0.4, 0.5) is 0 Å². The van der Waals surface area contributed by atoms with Crippen molar-refractivity contribution in [2.75, 3.05) is 6.61 Å². The van der Waals surface area contributed by atoms with Crippen molar-refractivity contribution in [2.45, 2.75) is 27.7 Å². The van der Waals surface area contributed by atoms with Crippen molar-refractivity contribution in [2.24, 2.45) is 17.3 Å². The first kappa shape index (κ1) is 8.63. The summed E-state index contributed by atoms with van der Waals surface area (Å²) in [6.45, 7) is 9.92. The molecule has 1 heterocycles. The van der Waals surface area contributed by atoms with Crippen LogP contribution in [0.15, 0.2) is 12.3 Å².